The predicted octanol–water partition coefficient (Wildman–Crippen LogP) is 16.5. The van der Waals surface area contributed by atoms with Gasteiger partial charge in [0.2, 0.25) is 0 Å². The zero-order valence-electron chi connectivity index (χ0n) is 43.3. The monoisotopic (exact) mass is 1070 g/mol. The molecule has 68 heavy (non-hydrogen) atoms. The summed E-state index contributed by atoms with van der Waals surface area (Å²) < 4.78 is 35.6. The zero-order valence-corrected chi connectivity index (χ0v) is 42.6. The Morgan fingerprint density at radius 2 is 1.26 bits per heavy atom. The molecule has 0 unspecified atom stereocenters. The van der Waals surface area contributed by atoms with Gasteiger partial charge in [-0.3, -0.25) is 4.48 Å². The van der Waals surface area contributed by atoms with Crippen LogP contribution in [-0.4, -0.2) is 16.2 Å². The van der Waals surface area contributed by atoms with Crippen molar-refractivity contribution in [3.63, 3.8) is 0 Å². The number of para-hydroxylation sites is 2. The molecule has 0 aliphatic carbocycles. The van der Waals surface area contributed by atoms with Crippen LogP contribution in [0.2, 0.25) is 0 Å². The van der Waals surface area contributed by atoms with Crippen molar-refractivity contribution in [3.05, 3.63) is 199 Å². The van der Waals surface area contributed by atoms with Gasteiger partial charge in [0.15, 0.2) is 18.0 Å². The van der Waals surface area contributed by atoms with E-state index in [0.717, 1.165) is 39.7 Å². The van der Waals surface area contributed by atoms with E-state index in [2.05, 4.69) is 160 Å². The van der Waals surface area contributed by atoms with Gasteiger partial charge in [0.05, 0.1) is 6.67 Å². The molecule has 344 valence electrons. The smallest absolute Gasteiger partial charge is 0.187 e. The Hall–Kier alpha value is -6.10. The minimum atomic E-state index is -2.38. The third-order valence-corrected chi connectivity index (χ3v) is 14.0. The molecule has 7 aromatic carbocycles. The van der Waals surface area contributed by atoms with Crippen LogP contribution in [0.25, 0.3) is 49.9 Å². The quantitative estimate of drug-likeness (QED) is 0.117. The summed E-state index contributed by atoms with van der Waals surface area (Å²) in [6.07, 6.45) is 1.67. The van der Waals surface area contributed by atoms with E-state index in [1.54, 1.807) is 12.3 Å². The van der Waals surface area contributed by atoms with Crippen molar-refractivity contribution in [1.82, 2.24) is 18.5 Å². The van der Waals surface area contributed by atoms with E-state index >= 15 is 0 Å². The molecule has 0 amide bonds. The average molecular weight is 1070 g/mol. The minimum absolute atomic E-state index is 0. The van der Waals surface area contributed by atoms with E-state index in [4.69, 9.17) is 13.8 Å². The van der Waals surface area contributed by atoms with E-state index in [1.165, 1.54) is 44.9 Å². The number of pyridine rings is 1. The van der Waals surface area contributed by atoms with Crippen molar-refractivity contribution in [2.75, 3.05) is 6.67 Å². The van der Waals surface area contributed by atoms with Gasteiger partial charge in [-0.1, -0.05) is 159 Å². The van der Waals surface area contributed by atoms with Crippen LogP contribution in [0, 0.1) is 25.7 Å². The number of benzene rings is 7. The first-order chi connectivity index (χ1) is 33.1. The summed E-state index contributed by atoms with van der Waals surface area (Å²) in [5, 5.41) is 1.96. The van der Waals surface area contributed by atoms with Crippen LogP contribution in [-0.2, 0) is 37.3 Å². The second-order valence-electron chi connectivity index (χ2n) is 21.7. The van der Waals surface area contributed by atoms with Gasteiger partial charge in [0.25, 0.3) is 0 Å². The molecule has 6 heteroatoms. The van der Waals surface area contributed by atoms with Crippen LogP contribution in [0.3, 0.4) is 0 Å². The van der Waals surface area contributed by atoms with E-state index in [-0.39, 0.29) is 42.9 Å². The molecular formula is C62H59N4OPt-. The van der Waals surface area contributed by atoms with Gasteiger partial charge in [0, 0.05) is 83.4 Å². The fourth-order valence-corrected chi connectivity index (χ4v) is 10.3. The number of quaternary nitrogens is 2. The molecule has 3 aliphatic rings. The molecule has 2 atom stereocenters. The van der Waals surface area contributed by atoms with Gasteiger partial charge in [0.1, 0.15) is 11.5 Å². The number of nitrogens with zero attached hydrogens (tertiary/aromatic N) is 4. The Kier molecular flexibility index (Phi) is 10.1. The van der Waals surface area contributed by atoms with Gasteiger partial charge in [-0.15, -0.1) is 29.7 Å². The Morgan fingerprint density at radius 3 is 1.99 bits per heavy atom. The SMILES string of the molecule is [2H]C([2H])([2H])c1cc(-n2c3[c-]c(Oc4[c-]c([N@@+]56[CH-][N@@+](c7cc(C(C)(C)C)cc(C(C)(C)C)c7)(C5)c5c(-c7cccc(C(C)(C)C)c7)cccc56)ccc4)ccc3c3ccccc32)ncc1-c1ccccc1.[Pt]. The van der Waals surface area contributed by atoms with E-state index in [1.807, 2.05) is 71.3 Å². The predicted molar refractivity (Wildman–Crippen MR) is 279 cm³/mol. The number of aryl methyl sites for hydroxylation is 1. The summed E-state index contributed by atoms with van der Waals surface area (Å²) in [5.41, 5.74) is 14.3. The summed E-state index contributed by atoms with van der Waals surface area (Å²) in [7, 11) is 0. The maximum Gasteiger partial charge on any atom is 0.187 e. The molecule has 5 nitrogen and oxygen atoms in total. The van der Waals surface area contributed by atoms with Crippen LogP contribution >= 0.6 is 0 Å². The molecule has 1 saturated heterocycles. The molecule has 3 aliphatic heterocycles. The Labute approximate surface area is 421 Å². The summed E-state index contributed by atoms with van der Waals surface area (Å²) in [6.45, 7) is 21.6. The van der Waals surface area contributed by atoms with Crippen molar-refractivity contribution in [2.45, 2.75) is 85.4 Å². The maximum atomic E-state index is 8.56. The molecule has 1 fully saturated rings. The number of aromatic nitrogens is 2. The number of fused-ring (bicyclic) bond motifs is 3. The molecule has 0 saturated carbocycles. The van der Waals surface area contributed by atoms with Gasteiger partial charge in [-0.25, -0.2) is 4.98 Å². The van der Waals surface area contributed by atoms with Crippen LogP contribution in [0.15, 0.2) is 158 Å². The Balaban J connectivity index is 0.00000582. The minimum Gasteiger partial charge on any atom is -0.509 e. The van der Waals surface area contributed by atoms with Gasteiger partial charge in [-0.05, 0) is 80.1 Å². The number of rotatable bonds is 7. The number of hydrogen-bond donors (Lipinski definition) is 0. The average Bonchev–Trinajstić information content (AvgIpc) is 3.92. The summed E-state index contributed by atoms with van der Waals surface area (Å²) in [6, 6.07) is 60.1. The molecule has 0 radical (unpaired) electrons. The van der Waals surface area contributed by atoms with Crippen LogP contribution < -0.4 is 13.7 Å². The first-order valence-corrected chi connectivity index (χ1v) is 23.4. The zero-order chi connectivity index (χ0) is 49.2. The van der Waals surface area contributed by atoms with Crippen molar-refractivity contribution in [3.8, 4) is 39.6 Å². The second-order valence-corrected chi connectivity index (χ2v) is 21.7. The van der Waals surface area contributed by atoms with Crippen molar-refractivity contribution in [2.24, 2.45) is 0 Å². The number of hydrogen-bond acceptors (Lipinski definition) is 2. The molecule has 2 aromatic heterocycles. The molecule has 12 rings (SSSR count). The van der Waals surface area contributed by atoms with Gasteiger partial charge >= 0.3 is 0 Å². The summed E-state index contributed by atoms with van der Waals surface area (Å²) in [4.78, 5) is 4.91. The number of ether oxygens (including phenoxy) is 1. The first kappa shape index (κ1) is 42.0. The maximum absolute atomic E-state index is 8.56. The fraction of sp³-hybridized carbons (Fsp3) is 0.226. The van der Waals surface area contributed by atoms with Crippen molar-refractivity contribution < 1.29 is 29.9 Å². The van der Waals surface area contributed by atoms with Crippen molar-refractivity contribution >= 4 is 44.6 Å². The van der Waals surface area contributed by atoms with E-state index in [0.29, 0.717) is 31.8 Å². The van der Waals surface area contributed by atoms with Crippen molar-refractivity contribution in [1.29, 1.82) is 0 Å². The largest absolute Gasteiger partial charge is 0.509 e. The first-order valence-electron chi connectivity index (χ1n) is 24.9. The van der Waals surface area contributed by atoms with Gasteiger partial charge in [-0.2, -0.15) is 12.1 Å². The Bertz CT molecular complexity index is 3500. The molecule has 0 N–H and O–H groups in total. The van der Waals surface area contributed by atoms with Crippen LogP contribution in [0.5, 0.6) is 11.5 Å². The standard InChI is InChI=1S/C62H59N4O.Pt/c1-41-31-58(63-38-54(41)42-19-12-11-13-20-42)64-55-27-15-14-25-52(55)53-30-29-50(37-56(53)64)67-49-24-17-23-47(36-49)65-39-66(40-65,48-34-45(61(5,6)7)33-46(35-48)62(8,9)10)59-51(26-18-28-57(59)65)43-21-16-22-44(32-43)60(2,3)4;/h11-35,38-39H,40H2,1-10H3;/q-1;/t65-,66+;/m1./s1/i1D3;. The molecule has 2 bridgehead atoms. The van der Waals surface area contributed by atoms with E-state index < -0.39 is 6.85 Å². The van der Waals surface area contributed by atoms with E-state index in [9.17, 15) is 0 Å². The fourth-order valence-electron chi connectivity index (χ4n) is 10.3. The van der Waals surface area contributed by atoms with Crippen LogP contribution in [0.4, 0.5) is 22.7 Å². The molecule has 9 aromatic rings. The molecule has 5 heterocycles. The second kappa shape index (κ2) is 16.3. The molecular weight excluding hydrogens is 1010 g/mol. The summed E-state index contributed by atoms with van der Waals surface area (Å²) in [5.74, 6) is 1.57. The topological polar surface area (TPSA) is 27.1 Å². The van der Waals surface area contributed by atoms with Gasteiger partial charge < -0.3 is 13.8 Å². The normalized spacial score (nSPS) is 18.6. The third-order valence-electron chi connectivity index (χ3n) is 14.0. The van der Waals surface area contributed by atoms with Crippen LogP contribution in [0.1, 0.15) is 88.7 Å². The Morgan fingerprint density at radius 1 is 0.603 bits per heavy atom. The molecule has 0 spiro atoms. The summed E-state index contributed by atoms with van der Waals surface area (Å²) >= 11 is 0. The third kappa shape index (κ3) is 7.46.